The van der Waals surface area contributed by atoms with Crippen LogP contribution < -0.4 is 0 Å². The summed E-state index contributed by atoms with van der Waals surface area (Å²) in [6, 6.07) is 4.13. The molecule has 2 aromatic rings. The zero-order valence-corrected chi connectivity index (χ0v) is 21.6. The number of aliphatic hydroxyl groups excluding tert-OH is 4. The predicted molar refractivity (Wildman–Crippen MR) is 137 cm³/mol. The third-order valence-electron chi connectivity index (χ3n) is 8.55. The van der Waals surface area contributed by atoms with E-state index in [4.69, 9.17) is 0 Å². The van der Waals surface area contributed by atoms with Crippen molar-refractivity contribution in [3.05, 3.63) is 79.4 Å². The number of hydrogen-bond donors (Lipinski definition) is 6. The van der Waals surface area contributed by atoms with E-state index in [9.17, 15) is 49.8 Å². The van der Waals surface area contributed by atoms with Crippen molar-refractivity contribution in [2.75, 3.05) is 0 Å². The molecule has 206 valence electrons. The lowest BCUT2D eigenvalue weighted by Crippen LogP contribution is -2.47. The lowest BCUT2D eigenvalue weighted by Gasteiger charge is -2.40. The molecule has 0 spiro atoms. The second-order valence-corrected chi connectivity index (χ2v) is 11.0. The van der Waals surface area contributed by atoms with Gasteiger partial charge in [0, 0.05) is 44.9 Å². The zero-order valence-electron chi connectivity index (χ0n) is 21.6. The molecule has 10 heteroatoms. The molecule has 0 fully saturated rings. The van der Waals surface area contributed by atoms with E-state index in [1.54, 1.807) is 6.92 Å². The number of aliphatic hydroxyl groups is 4. The highest BCUT2D eigenvalue weighted by atomic mass is 16.3. The van der Waals surface area contributed by atoms with Crippen LogP contribution in [-0.2, 0) is 9.59 Å². The first-order valence-corrected chi connectivity index (χ1v) is 12.9. The van der Waals surface area contributed by atoms with Crippen LogP contribution in [0.4, 0.5) is 0 Å². The molecule has 0 aliphatic heterocycles. The van der Waals surface area contributed by atoms with Crippen molar-refractivity contribution in [3.8, 4) is 11.5 Å². The van der Waals surface area contributed by atoms with Crippen molar-refractivity contribution in [2.45, 2.75) is 63.4 Å². The van der Waals surface area contributed by atoms with Crippen molar-refractivity contribution >= 4 is 23.1 Å². The lowest BCUT2D eigenvalue weighted by molar-refractivity contribution is -0.121. The Morgan fingerprint density at radius 3 is 1.80 bits per heavy atom. The van der Waals surface area contributed by atoms with Crippen LogP contribution >= 0.6 is 0 Å². The summed E-state index contributed by atoms with van der Waals surface area (Å²) in [7, 11) is 0. The number of ketones is 4. The van der Waals surface area contributed by atoms with Crippen LogP contribution in [0.3, 0.4) is 0 Å². The summed E-state index contributed by atoms with van der Waals surface area (Å²) in [5, 5.41) is 65.2. The summed E-state index contributed by atoms with van der Waals surface area (Å²) in [5.41, 5.74) is -1.30. The van der Waals surface area contributed by atoms with E-state index in [1.165, 1.54) is 25.1 Å². The average molecular weight is 547 g/mol. The first kappa shape index (κ1) is 26.3. The SMILES string of the molecule is Cc1cc(O)c2c(c1)C(=O)c1c(cc(C)c(C3C[C@@H](O)C4=C(C(=O)C5=C(C4=O)[C@@H](O)CC[C@@H]5O)[C@H]3O)c1O)C2=O. The topological polar surface area (TPSA) is 190 Å². The van der Waals surface area contributed by atoms with Gasteiger partial charge in [-0.2, -0.15) is 0 Å². The standard InChI is InChI=1S/C30H26O10/c1-9-5-11-19(16(33)6-9)25(35)12-7-10(2)18(28(38)20(12)26(11)36)13-8-17(34)23-24(27(13)37)30(40)22-15(32)4-3-14(31)21(22)29(23)39/h5-7,13-15,17,27,31-34,37-38H,3-4,8H2,1-2H3/t13?,14-,15-,17+,27-/m0/s1. The van der Waals surface area contributed by atoms with E-state index in [1.807, 2.05) is 0 Å². The van der Waals surface area contributed by atoms with Gasteiger partial charge >= 0.3 is 0 Å². The number of rotatable bonds is 1. The van der Waals surface area contributed by atoms with E-state index >= 15 is 0 Å². The first-order valence-electron chi connectivity index (χ1n) is 12.9. The molecule has 4 aliphatic rings. The lowest BCUT2D eigenvalue weighted by atomic mass is 9.65. The molecule has 0 aromatic heterocycles. The molecule has 0 bridgehead atoms. The van der Waals surface area contributed by atoms with Gasteiger partial charge in [-0.15, -0.1) is 0 Å². The fraction of sp³-hybridized carbons (Fsp3) is 0.333. The molecule has 6 rings (SSSR count). The first-order chi connectivity index (χ1) is 18.8. The van der Waals surface area contributed by atoms with Crippen LogP contribution in [0.5, 0.6) is 11.5 Å². The number of phenolic OH excluding ortho intramolecular Hbond substituents is 2. The van der Waals surface area contributed by atoms with Crippen molar-refractivity contribution in [1.29, 1.82) is 0 Å². The zero-order chi connectivity index (χ0) is 28.9. The number of aromatic hydroxyl groups is 2. The summed E-state index contributed by atoms with van der Waals surface area (Å²) in [5.74, 6) is -5.21. The van der Waals surface area contributed by atoms with Crippen LogP contribution in [0, 0.1) is 13.8 Å². The van der Waals surface area contributed by atoms with Gasteiger partial charge in [0.25, 0.3) is 0 Å². The van der Waals surface area contributed by atoms with Crippen LogP contribution in [0.2, 0.25) is 0 Å². The van der Waals surface area contributed by atoms with Crippen molar-refractivity contribution in [3.63, 3.8) is 0 Å². The van der Waals surface area contributed by atoms with Gasteiger partial charge in [-0.05, 0) is 62.4 Å². The molecule has 1 unspecified atom stereocenters. The van der Waals surface area contributed by atoms with Gasteiger partial charge in [-0.3, -0.25) is 19.2 Å². The number of carbonyl (C=O) groups is 4. The minimum Gasteiger partial charge on any atom is -0.507 e. The van der Waals surface area contributed by atoms with E-state index < -0.39 is 64.8 Å². The molecular formula is C30H26O10. The molecule has 2 aromatic carbocycles. The van der Waals surface area contributed by atoms with Crippen molar-refractivity contribution in [2.24, 2.45) is 0 Å². The van der Waals surface area contributed by atoms with Gasteiger partial charge in [0.15, 0.2) is 23.1 Å². The third-order valence-corrected chi connectivity index (χ3v) is 8.55. The Kier molecular flexibility index (Phi) is 5.76. The summed E-state index contributed by atoms with van der Waals surface area (Å²) in [6.45, 7) is 3.15. The van der Waals surface area contributed by atoms with Crippen molar-refractivity contribution in [1.82, 2.24) is 0 Å². The summed E-state index contributed by atoms with van der Waals surface area (Å²) in [6.07, 6.45) is -6.15. The van der Waals surface area contributed by atoms with E-state index in [2.05, 4.69) is 0 Å². The summed E-state index contributed by atoms with van der Waals surface area (Å²) >= 11 is 0. The number of carbonyl (C=O) groups excluding carboxylic acids is 4. The number of aryl methyl sites for hydroxylation is 2. The molecule has 0 heterocycles. The number of hydrogen-bond acceptors (Lipinski definition) is 10. The Morgan fingerprint density at radius 1 is 0.650 bits per heavy atom. The maximum atomic E-state index is 13.5. The second kappa shape index (κ2) is 8.77. The van der Waals surface area contributed by atoms with Gasteiger partial charge in [0.1, 0.15) is 11.5 Å². The van der Waals surface area contributed by atoms with Gasteiger partial charge in [0.05, 0.1) is 35.5 Å². The highest BCUT2D eigenvalue weighted by molar-refractivity contribution is 6.30. The molecule has 0 saturated heterocycles. The Hall–Kier alpha value is -3.96. The van der Waals surface area contributed by atoms with Gasteiger partial charge in [-0.1, -0.05) is 0 Å². The monoisotopic (exact) mass is 546 g/mol. The number of fused-ring (bicyclic) bond motifs is 2. The molecule has 4 aliphatic carbocycles. The molecule has 0 saturated carbocycles. The number of phenols is 2. The minimum atomic E-state index is -1.72. The predicted octanol–water partition coefficient (Wildman–Crippen LogP) is 0.960. The van der Waals surface area contributed by atoms with Gasteiger partial charge in [0.2, 0.25) is 0 Å². The van der Waals surface area contributed by atoms with E-state index in [-0.39, 0.29) is 75.1 Å². The Morgan fingerprint density at radius 2 is 1.18 bits per heavy atom. The third kappa shape index (κ3) is 3.37. The largest absolute Gasteiger partial charge is 0.507 e. The quantitative estimate of drug-likeness (QED) is 0.240. The molecule has 6 N–H and O–H groups in total. The van der Waals surface area contributed by atoms with Crippen molar-refractivity contribution < 1.29 is 49.8 Å². The van der Waals surface area contributed by atoms with Crippen LogP contribution in [0.25, 0.3) is 0 Å². The Balaban J connectivity index is 1.49. The minimum absolute atomic E-state index is 0.0163. The normalized spacial score (nSPS) is 27.9. The average Bonchev–Trinajstić information content (AvgIpc) is 2.88. The molecule has 40 heavy (non-hydrogen) atoms. The maximum absolute atomic E-state index is 13.5. The molecule has 0 radical (unpaired) electrons. The van der Waals surface area contributed by atoms with Crippen LogP contribution in [0.1, 0.15) is 73.7 Å². The fourth-order valence-electron chi connectivity index (χ4n) is 6.78. The number of benzene rings is 2. The highest BCUT2D eigenvalue weighted by Crippen LogP contribution is 2.49. The van der Waals surface area contributed by atoms with E-state index in [0.29, 0.717) is 5.56 Å². The maximum Gasteiger partial charge on any atom is 0.198 e. The summed E-state index contributed by atoms with van der Waals surface area (Å²) in [4.78, 5) is 53.7. The summed E-state index contributed by atoms with van der Waals surface area (Å²) < 4.78 is 0. The smallest absolute Gasteiger partial charge is 0.198 e. The molecule has 10 nitrogen and oxygen atoms in total. The molecule has 0 amide bonds. The Labute approximate surface area is 227 Å². The van der Waals surface area contributed by atoms with Crippen LogP contribution in [0.15, 0.2) is 40.5 Å². The van der Waals surface area contributed by atoms with Gasteiger partial charge < -0.3 is 30.6 Å². The van der Waals surface area contributed by atoms with Gasteiger partial charge in [-0.25, -0.2) is 0 Å². The van der Waals surface area contributed by atoms with Crippen LogP contribution in [-0.4, -0.2) is 78.2 Å². The molecule has 5 atom stereocenters. The van der Waals surface area contributed by atoms with E-state index in [0.717, 1.165) is 0 Å². The highest BCUT2D eigenvalue weighted by Gasteiger charge is 2.51. The fourth-order valence-corrected chi connectivity index (χ4v) is 6.78. The Bertz CT molecular complexity index is 1660. The number of Topliss-reactive ketones (excluding diaryl/α,β-unsaturated/α-hetero) is 2. The second-order valence-electron chi connectivity index (χ2n) is 11.0. The molecular weight excluding hydrogens is 520 g/mol.